The molecule has 4 heterocycles. The minimum atomic E-state index is -0.825. The summed E-state index contributed by atoms with van der Waals surface area (Å²) >= 11 is 0. The summed E-state index contributed by atoms with van der Waals surface area (Å²) < 4.78 is 3.60. The predicted molar refractivity (Wildman–Crippen MR) is 104 cm³/mol. The predicted octanol–water partition coefficient (Wildman–Crippen LogP) is 1.99. The molecule has 144 valence electrons. The van der Waals surface area contributed by atoms with E-state index in [1.54, 1.807) is 24.0 Å². The average molecular weight is 377 g/mol. The van der Waals surface area contributed by atoms with Crippen LogP contribution in [0.15, 0.2) is 24.4 Å². The summed E-state index contributed by atoms with van der Waals surface area (Å²) in [5.74, 6) is 0.725. The minimum absolute atomic E-state index is 0.593. The van der Waals surface area contributed by atoms with Crippen LogP contribution in [-0.2, 0) is 20.1 Å². The molecule has 0 saturated heterocycles. The Kier molecular flexibility index (Phi) is 4.61. The summed E-state index contributed by atoms with van der Waals surface area (Å²) in [6.45, 7) is 6.04. The largest absolute Gasteiger partial charge is 0.380 e. The van der Waals surface area contributed by atoms with E-state index in [-0.39, 0.29) is 0 Å². The second kappa shape index (κ2) is 7.09. The minimum Gasteiger partial charge on any atom is -0.380 e. The van der Waals surface area contributed by atoms with Gasteiger partial charge in [0, 0.05) is 32.0 Å². The van der Waals surface area contributed by atoms with Crippen molar-refractivity contribution in [3.05, 3.63) is 58.3 Å². The van der Waals surface area contributed by atoms with Gasteiger partial charge in [-0.15, -0.1) is 0 Å². The van der Waals surface area contributed by atoms with Crippen molar-refractivity contribution in [2.75, 3.05) is 11.4 Å². The van der Waals surface area contributed by atoms with Crippen molar-refractivity contribution in [3.8, 4) is 6.07 Å². The number of rotatable bonds is 3. The number of hydrogen-bond donors (Lipinski definition) is 1. The first-order chi connectivity index (χ1) is 13.5. The van der Waals surface area contributed by atoms with Gasteiger partial charge in [0.25, 0.3) is 0 Å². The van der Waals surface area contributed by atoms with Crippen molar-refractivity contribution in [2.45, 2.75) is 39.5 Å². The van der Waals surface area contributed by atoms with Gasteiger partial charge in [0.2, 0.25) is 0 Å². The zero-order chi connectivity index (χ0) is 19.8. The molecule has 28 heavy (non-hydrogen) atoms. The van der Waals surface area contributed by atoms with Crippen LogP contribution in [0.3, 0.4) is 0 Å². The molecular formula is C20H23N7O. The van der Waals surface area contributed by atoms with E-state index in [9.17, 15) is 10.4 Å². The second-order valence-electron chi connectivity index (χ2n) is 7.23. The van der Waals surface area contributed by atoms with Gasteiger partial charge < -0.3 is 10.0 Å². The third-order valence-corrected chi connectivity index (χ3v) is 5.19. The number of pyridine rings is 1. The molecule has 8 heteroatoms. The summed E-state index contributed by atoms with van der Waals surface area (Å²) in [5.41, 5.74) is 4.76. The van der Waals surface area contributed by atoms with Gasteiger partial charge in [-0.3, -0.25) is 9.36 Å². The molecule has 0 saturated carbocycles. The Hall–Kier alpha value is -3.18. The van der Waals surface area contributed by atoms with Crippen LogP contribution >= 0.6 is 0 Å². The topological polar surface area (TPSA) is 95.8 Å². The molecule has 0 aromatic carbocycles. The molecule has 1 aliphatic rings. The molecule has 0 aliphatic carbocycles. The number of aliphatic hydroxyl groups excluding tert-OH is 1. The zero-order valence-electron chi connectivity index (χ0n) is 16.3. The Balaban J connectivity index is 1.68. The van der Waals surface area contributed by atoms with Crippen LogP contribution in [0.4, 0.5) is 5.82 Å². The molecule has 3 aromatic heterocycles. The van der Waals surface area contributed by atoms with Gasteiger partial charge in [0.05, 0.1) is 29.2 Å². The quantitative estimate of drug-likeness (QED) is 0.750. The van der Waals surface area contributed by atoms with Gasteiger partial charge in [0.15, 0.2) is 0 Å². The van der Waals surface area contributed by atoms with E-state index in [1.807, 2.05) is 30.7 Å². The van der Waals surface area contributed by atoms with Crippen LogP contribution in [0.25, 0.3) is 0 Å². The summed E-state index contributed by atoms with van der Waals surface area (Å²) in [4.78, 5) is 6.79. The molecule has 0 spiro atoms. The fourth-order valence-electron chi connectivity index (χ4n) is 3.79. The molecule has 1 aliphatic heterocycles. The van der Waals surface area contributed by atoms with E-state index in [0.717, 1.165) is 42.3 Å². The normalized spacial score (nSPS) is 15.0. The number of hydrogen-bond acceptors (Lipinski definition) is 6. The fraction of sp³-hybridized carbons (Fsp3) is 0.400. The standard InChI is InChI=1S/C20H23N7O/c1-13-9-14(2)23-20(16(13)11-21)26-7-4-8-27-15(12-26)10-17(24-27)19(28)18-5-6-22-25(18)3/h5-6,9-10,19,28H,4,7-8,12H2,1-3H3. The molecule has 0 radical (unpaired) electrons. The van der Waals surface area contributed by atoms with Gasteiger partial charge in [0.1, 0.15) is 18.0 Å². The van der Waals surface area contributed by atoms with Crippen LogP contribution in [-0.4, -0.2) is 36.2 Å². The number of aliphatic hydroxyl groups is 1. The van der Waals surface area contributed by atoms with E-state index in [2.05, 4.69) is 26.2 Å². The van der Waals surface area contributed by atoms with Crippen molar-refractivity contribution in [1.29, 1.82) is 5.26 Å². The van der Waals surface area contributed by atoms with E-state index in [0.29, 0.717) is 23.5 Å². The fourth-order valence-corrected chi connectivity index (χ4v) is 3.79. The van der Waals surface area contributed by atoms with E-state index >= 15 is 0 Å². The summed E-state index contributed by atoms with van der Waals surface area (Å²) in [6, 6.07) is 7.97. The highest BCUT2D eigenvalue weighted by Crippen LogP contribution is 2.27. The first kappa shape index (κ1) is 18.2. The maximum atomic E-state index is 10.7. The number of aryl methyl sites for hydroxylation is 4. The zero-order valence-corrected chi connectivity index (χ0v) is 16.3. The number of fused-ring (bicyclic) bond motifs is 1. The van der Waals surface area contributed by atoms with Crippen LogP contribution in [0.5, 0.6) is 0 Å². The van der Waals surface area contributed by atoms with Gasteiger partial charge in [-0.1, -0.05) is 0 Å². The van der Waals surface area contributed by atoms with Crippen molar-refractivity contribution in [3.63, 3.8) is 0 Å². The molecule has 0 bridgehead atoms. The third-order valence-electron chi connectivity index (χ3n) is 5.19. The Morgan fingerprint density at radius 1 is 1.25 bits per heavy atom. The number of aromatic nitrogens is 5. The number of nitriles is 1. The van der Waals surface area contributed by atoms with E-state index in [1.165, 1.54) is 0 Å². The molecule has 1 N–H and O–H groups in total. The molecule has 8 nitrogen and oxygen atoms in total. The summed E-state index contributed by atoms with van der Waals surface area (Å²) in [7, 11) is 1.80. The van der Waals surface area contributed by atoms with Crippen molar-refractivity contribution >= 4 is 5.82 Å². The summed E-state index contributed by atoms with van der Waals surface area (Å²) in [5, 5.41) is 29.1. The monoisotopic (exact) mass is 377 g/mol. The van der Waals surface area contributed by atoms with E-state index < -0.39 is 6.10 Å². The second-order valence-corrected chi connectivity index (χ2v) is 7.23. The molecule has 3 aromatic rings. The van der Waals surface area contributed by atoms with Crippen molar-refractivity contribution < 1.29 is 5.11 Å². The van der Waals surface area contributed by atoms with Gasteiger partial charge in [-0.05, 0) is 44.0 Å². The van der Waals surface area contributed by atoms with Gasteiger partial charge in [-0.25, -0.2) is 4.98 Å². The summed E-state index contributed by atoms with van der Waals surface area (Å²) in [6.07, 6.45) is 1.72. The smallest absolute Gasteiger partial charge is 0.147 e. The molecule has 0 fully saturated rings. The van der Waals surface area contributed by atoms with Crippen LogP contribution in [0.2, 0.25) is 0 Å². The Morgan fingerprint density at radius 3 is 2.79 bits per heavy atom. The Bertz CT molecular complexity index is 1060. The van der Waals surface area contributed by atoms with Crippen LogP contribution < -0.4 is 4.90 Å². The number of nitrogens with zero attached hydrogens (tertiary/aromatic N) is 7. The average Bonchev–Trinajstić information content (AvgIpc) is 3.21. The Morgan fingerprint density at radius 2 is 2.07 bits per heavy atom. The molecular weight excluding hydrogens is 354 g/mol. The highest BCUT2D eigenvalue weighted by Gasteiger charge is 2.24. The Labute approximate surface area is 163 Å². The lowest BCUT2D eigenvalue weighted by atomic mass is 10.1. The molecule has 1 atom stereocenters. The maximum absolute atomic E-state index is 10.7. The molecule has 0 amide bonds. The highest BCUT2D eigenvalue weighted by atomic mass is 16.3. The lowest BCUT2D eigenvalue weighted by Crippen LogP contribution is -2.25. The lowest BCUT2D eigenvalue weighted by Gasteiger charge is -2.23. The van der Waals surface area contributed by atoms with Crippen LogP contribution in [0.1, 0.15) is 46.4 Å². The molecule has 4 rings (SSSR count). The van der Waals surface area contributed by atoms with Gasteiger partial charge in [-0.2, -0.15) is 15.5 Å². The highest BCUT2D eigenvalue weighted by molar-refractivity contribution is 5.58. The third kappa shape index (κ3) is 3.14. The first-order valence-corrected chi connectivity index (χ1v) is 9.34. The molecule has 1 unspecified atom stereocenters. The van der Waals surface area contributed by atoms with E-state index in [4.69, 9.17) is 0 Å². The van der Waals surface area contributed by atoms with Crippen molar-refractivity contribution in [1.82, 2.24) is 24.5 Å². The van der Waals surface area contributed by atoms with Crippen molar-refractivity contribution in [2.24, 2.45) is 7.05 Å². The maximum Gasteiger partial charge on any atom is 0.147 e. The number of anilines is 1. The van der Waals surface area contributed by atoms with Crippen LogP contribution in [0, 0.1) is 25.2 Å². The van der Waals surface area contributed by atoms with Gasteiger partial charge >= 0.3 is 0 Å². The lowest BCUT2D eigenvalue weighted by molar-refractivity contribution is 0.203. The SMILES string of the molecule is Cc1cc(C)c(C#N)c(N2CCCn3nc(C(O)c4ccnn4C)cc3C2)n1. The first-order valence-electron chi connectivity index (χ1n) is 9.34.